The van der Waals surface area contributed by atoms with Crippen molar-refractivity contribution in [2.45, 2.75) is 12.8 Å². The molecule has 0 bridgehead atoms. The number of fused-ring (bicyclic) bond motifs is 1. The fourth-order valence-electron chi connectivity index (χ4n) is 1.47. The van der Waals surface area contributed by atoms with E-state index in [0.29, 0.717) is 0 Å². The summed E-state index contributed by atoms with van der Waals surface area (Å²) in [6.45, 7) is 0.922. The van der Waals surface area contributed by atoms with E-state index >= 15 is 0 Å². The van der Waals surface area contributed by atoms with Crippen molar-refractivity contribution in [3.8, 4) is 0 Å². The van der Waals surface area contributed by atoms with Crippen LogP contribution in [-0.4, -0.2) is 12.8 Å². The Kier molecular flexibility index (Phi) is 2.13. The van der Waals surface area contributed by atoms with E-state index < -0.39 is 0 Å². The van der Waals surface area contributed by atoms with Crippen molar-refractivity contribution in [2.75, 3.05) is 6.54 Å². The van der Waals surface area contributed by atoms with Gasteiger partial charge in [0.25, 0.3) is 0 Å². The Balaban J connectivity index is 2.52. The summed E-state index contributed by atoms with van der Waals surface area (Å²) in [4.78, 5) is 4.27. The van der Waals surface area contributed by atoms with Gasteiger partial charge in [-0.15, -0.1) is 0 Å². The molecular weight excluding hydrogens is 170 g/mol. The van der Waals surface area contributed by atoms with Gasteiger partial charge in [0, 0.05) is 17.8 Å². The molecule has 1 aromatic carbocycles. The third kappa shape index (κ3) is 1.37. The Morgan fingerprint density at radius 2 is 2.25 bits per heavy atom. The van der Waals surface area contributed by atoms with E-state index in [0.717, 1.165) is 24.4 Å². The Morgan fingerprint density at radius 3 is 3.17 bits per heavy atom. The van der Waals surface area contributed by atoms with E-state index in [1.165, 1.54) is 11.1 Å². The SMILES string of the molecule is Clc1cccc2c1CCCN=C2. The van der Waals surface area contributed by atoms with Gasteiger partial charge in [-0.3, -0.25) is 4.99 Å². The lowest BCUT2D eigenvalue weighted by Crippen LogP contribution is -1.91. The first-order valence-corrected chi connectivity index (χ1v) is 4.53. The Hall–Kier alpha value is -0.820. The molecule has 0 unspecified atom stereocenters. The van der Waals surface area contributed by atoms with Crippen molar-refractivity contribution in [2.24, 2.45) is 4.99 Å². The van der Waals surface area contributed by atoms with Gasteiger partial charge in [-0.25, -0.2) is 0 Å². The zero-order valence-electron chi connectivity index (χ0n) is 6.76. The standard InChI is InChI=1S/C10H10ClN/c11-10-5-1-3-8-7-12-6-2-4-9(8)10/h1,3,5,7H,2,4,6H2. The van der Waals surface area contributed by atoms with Gasteiger partial charge in [0.1, 0.15) is 0 Å². The van der Waals surface area contributed by atoms with Crippen LogP contribution in [0.15, 0.2) is 23.2 Å². The number of hydrogen-bond acceptors (Lipinski definition) is 1. The molecule has 1 nitrogen and oxygen atoms in total. The highest BCUT2D eigenvalue weighted by Crippen LogP contribution is 2.21. The number of rotatable bonds is 0. The Bertz CT molecular complexity index is 318. The van der Waals surface area contributed by atoms with E-state index in [1.54, 1.807) is 0 Å². The van der Waals surface area contributed by atoms with Gasteiger partial charge in [0.2, 0.25) is 0 Å². The van der Waals surface area contributed by atoms with Gasteiger partial charge in [-0.05, 0) is 30.0 Å². The van der Waals surface area contributed by atoms with Crippen molar-refractivity contribution < 1.29 is 0 Å². The van der Waals surface area contributed by atoms with Gasteiger partial charge < -0.3 is 0 Å². The molecule has 0 N–H and O–H groups in total. The van der Waals surface area contributed by atoms with Crippen molar-refractivity contribution >= 4 is 17.8 Å². The highest BCUT2D eigenvalue weighted by Gasteiger charge is 2.06. The molecule has 0 fully saturated rings. The minimum absolute atomic E-state index is 0.876. The van der Waals surface area contributed by atoms with Crippen LogP contribution in [0.3, 0.4) is 0 Å². The highest BCUT2D eigenvalue weighted by molar-refractivity contribution is 6.31. The first-order valence-electron chi connectivity index (χ1n) is 4.15. The summed E-state index contributed by atoms with van der Waals surface area (Å²) >= 11 is 6.05. The normalized spacial score (nSPS) is 15.4. The molecule has 62 valence electrons. The molecule has 2 rings (SSSR count). The fraction of sp³-hybridized carbons (Fsp3) is 0.300. The summed E-state index contributed by atoms with van der Waals surface area (Å²) in [5.74, 6) is 0. The molecular formula is C10H10ClN. The lowest BCUT2D eigenvalue weighted by atomic mass is 10.0. The monoisotopic (exact) mass is 179 g/mol. The summed E-state index contributed by atoms with van der Waals surface area (Å²) < 4.78 is 0. The summed E-state index contributed by atoms with van der Waals surface area (Å²) in [6.07, 6.45) is 4.08. The zero-order valence-corrected chi connectivity index (χ0v) is 7.51. The average molecular weight is 180 g/mol. The number of nitrogens with zero attached hydrogens (tertiary/aromatic N) is 1. The van der Waals surface area contributed by atoms with Crippen molar-refractivity contribution in [1.82, 2.24) is 0 Å². The highest BCUT2D eigenvalue weighted by atomic mass is 35.5. The molecule has 1 heterocycles. The molecule has 0 atom stereocenters. The molecule has 12 heavy (non-hydrogen) atoms. The number of hydrogen-bond donors (Lipinski definition) is 0. The predicted molar refractivity (Wildman–Crippen MR) is 52.2 cm³/mol. The predicted octanol–water partition coefficient (Wildman–Crippen LogP) is 2.71. The maximum absolute atomic E-state index is 6.05. The van der Waals surface area contributed by atoms with Crippen LogP contribution < -0.4 is 0 Å². The number of aliphatic imine (C=N–C) groups is 1. The zero-order chi connectivity index (χ0) is 8.39. The second kappa shape index (κ2) is 3.28. The summed E-state index contributed by atoms with van der Waals surface area (Å²) in [5.41, 5.74) is 2.43. The van der Waals surface area contributed by atoms with E-state index in [4.69, 9.17) is 11.6 Å². The second-order valence-corrected chi connectivity index (χ2v) is 3.35. The first kappa shape index (κ1) is 7.81. The minimum Gasteiger partial charge on any atom is -0.293 e. The molecule has 1 aromatic rings. The van der Waals surface area contributed by atoms with Crippen LogP contribution in [0.1, 0.15) is 17.5 Å². The maximum atomic E-state index is 6.05. The van der Waals surface area contributed by atoms with Crippen LogP contribution in [0.5, 0.6) is 0 Å². The first-order chi connectivity index (χ1) is 5.88. The largest absolute Gasteiger partial charge is 0.293 e. The van der Waals surface area contributed by atoms with Crippen LogP contribution in [0.2, 0.25) is 5.02 Å². The van der Waals surface area contributed by atoms with Crippen LogP contribution in [-0.2, 0) is 6.42 Å². The lowest BCUT2D eigenvalue weighted by Gasteiger charge is -2.03. The molecule has 0 amide bonds. The Labute approximate surface area is 77.1 Å². The molecule has 0 aromatic heterocycles. The molecule has 2 heteroatoms. The fourth-order valence-corrected chi connectivity index (χ4v) is 1.75. The van der Waals surface area contributed by atoms with Crippen LogP contribution in [0.4, 0.5) is 0 Å². The van der Waals surface area contributed by atoms with E-state index in [2.05, 4.69) is 11.1 Å². The van der Waals surface area contributed by atoms with E-state index in [-0.39, 0.29) is 0 Å². The van der Waals surface area contributed by atoms with Gasteiger partial charge in [-0.2, -0.15) is 0 Å². The molecule has 0 radical (unpaired) electrons. The van der Waals surface area contributed by atoms with Gasteiger partial charge in [0.15, 0.2) is 0 Å². The molecule has 0 saturated carbocycles. The molecule has 0 saturated heterocycles. The quantitative estimate of drug-likeness (QED) is 0.581. The molecule has 0 aliphatic carbocycles. The maximum Gasteiger partial charge on any atom is 0.0444 e. The summed E-state index contributed by atoms with van der Waals surface area (Å²) in [5, 5.41) is 0.876. The van der Waals surface area contributed by atoms with Crippen molar-refractivity contribution in [1.29, 1.82) is 0 Å². The summed E-state index contributed by atoms with van der Waals surface area (Å²) in [7, 11) is 0. The lowest BCUT2D eigenvalue weighted by molar-refractivity contribution is 0.846. The van der Waals surface area contributed by atoms with E-state index in [1.807, 2.05) is 18.3 Å². The number of halogens is 1. The van der Waals surface area contributed by atoms with Crippen LogP contribution in [0, 0.1) is 0 Å². The topological polar surface area (TPSA) is 12.4 Å². The molecule has 1 aliphatic heterocycles. The summed E-state index contributed by atoms with van der Waals surface area (Å²) in [6, 6.07) is 5.98. The average Bonchev–Trinajstić information content (AvgIpc) is 2.30. The third-order valence-electron chi connectivity index (χ3n) is 2.10. The van der Waals surface area contributed by atoms with Crippen LogP contribution >= 0.6 is 11.6 Å². The van der Waals surface area contributed by atoms with Gasteiger partial charge in [0.05, 0.1) is 0 Å². The van der Waals surface area contributed by atoms with Gasteiger partial charge in [-0.1, -0.05) is 23.7 Å². The molecule has 0 spiro atoms. The molecule has 1 aliphatic rings. The third-order valence-corrected chi connectivity index (χ3v) is 2.45. The minimum atomic E-state index is 0.876. The van der Waals surface area contributed by atoms with E-state index in [9.17, 15) is 0 Å². The Morgan fingerprint density at radius 1 is 1.33 bits per heavy atom. The van der Waals surface area contributed by atoms with Crippen LogP contribution in [0.25, 0.3) is 0 Å². The second-order valence-electron chi connectivity index (χ2n) is 2.95. The van der Waals surface area contributed by atoms with Crippen molar-refractivity contribution in [3.63, 3.8) is 0 Å². The number of benzene rings is 1. The van der Waals surface area contributed by atoms with Crippen molar-refractivity contribution in [3.05, 3.63) is 34.3 Å². The smallest absolute Gasteiger partial charge is 0.0444 e. The van der Waals surface area contributed by atoms with Gasteiger partial charge >= 0.3 is 0 Å².